The minimum absolute atomic E-state index is 0.0104. The third-order valence-electron chi connectivity index (χ3n) is 5.79. The molecule has 0 spiro atoms. The highest BCUT2D eigenvalue weighted by molar-refractivity contribution is 8.00. The summed E-state index contributed by atoms with van der Waals surface area (Å²) < 4.78 is 0. The molecule has 27 heavy (non-hydrogen) atoms. The van der Waals surface area contributed by atoms with Gasteiger partial charge in [0, 0.05) is 28.7 Å². The lowest BCUT2D eigenvalue weighted by molar-refractivity contribution is -0.116. The van der Waals surface area contributed by atoms with Gasteiger partial charge < -0.3 is 16.0 Å². The number of amides is 3. The first-order valence-corrected chi connectivity index (χ1v) is 10.7. The Morgan fingerprint density at radius 3 is 2.74 bits per heavy atom. The van der Waals surface area contributed by atoms with Crippen LogP contribution in [0.4, 0.5) is 10.5 Å². The second-order valence-electron chi connectivity index (χ2n) is 7.73. The van der Waals surface area contributed by atoms with Crippen LogP contribution in [0.5, 0.6) is 0 Å². The van der Waals surface area contributed by atoms with Gasteiger partial charge in [0.05, 0.1) is 12.1 Å². The highest BCUT2D eigenvalue weighted by atomic mass is 32.2. The van der Waals surface area contributed by atoms with Gasteiger partial charge in [0.15, 0.2) is 0 Å². The SMILES string of the molecule is O=Cc1ccc(NC(=O)CCCC(C2CC2)[C@@H]2SC[C@@H]3NC(=O)N[C@@H]32)cc1. The third kappa shape index (κ3) is 4.29. The van der Waals surface area contributed by atoms with Crippen molar-refractivity contribution in [3.63, 3.8) is 0 Å². The second kappa shape index (κ2) is 7.92. The average Bonchev–Trinajstić information content (AvgIpc) is 3.34. The molecule has 0 aromatic heterocycles. The number of benzene rings is 1. The van der Waals surface area contributed by atoms with Gasteiger partial charge in [-0.25, -0.2) is 4.79 Å². The first-order chi connectivity index (χ1) is 13.1. The molecule has 3 aliphatic rings. The Balaban J connectivity index is 1.27. The maximum atomic E-state index is 12.2. The molecular formula is C20H25N3O3S. The Kier molecular flexibility index (Phi) is 5.38. The first-order valence-electron chi connectivity index (χ1n) is 9.68. The Hall–Kier alpha value is -2.02. The van der Waals surface area contributed by atoms with Gasteiger partial charge in [0.25, 0.3) is 0 Å². The molecule has 3 fully saturated rings. The highest BCUT2D eigenvalue weighted by Gasteiger charge is 2.49. The van der Waals surface area contributed by atoms with Crippen LogP contribution in [-0.2, 0) is 4.79 Å². The zero-order valence-electron chi connectivity index (χ0n) is 15.1. The molecule has 7 heteroatoms. The fourth-order valence-electron chi connectivity index (χ4n) is 4.28. The zero-order valence-corrected chi connectivity index (χ0v) is 16.0. The summed E-state index contributed by atoms with van der Waals surface area (Å²) in [6.07, 6.45) is 5.71. The van der Waals surface area contributed by atoms with E-state index in [-0.39, 0.29) is 24.0 Å². The Labute approximate surface area is 163 Å². The molecule has 6 nitrogen and oxygen atoms in total. The second-order valence-corrected chi connectivity index (χ2v) is 8.94. The van der Waals surface area contributed by atoms with Crippen LogP contribution in [0.1, 0.15) is 42.5 Å². The maximum absolute atomic E-state index is 12.2. The van der Waals surface area contributed by atoms with Crippen molar-refractivity contribution in [1.82, 2.24) is 10.6 Å². The lowest BCUT2D eigenvalue weighted by Crippen LogP contribution is -2.41. The van der Waals surface area contributed by atoms with E-state index in [1.54, 1.807) is 24.3 Å². The van der Waals surface area contributed by atoms with Gasteiger partial charge in [0.1, 0.15) is 6.29 Å². The number of carbonyl (C=O) groups excluding carboxylic acids is 3. The number of aldehydes is 1. The summed E-state index contributed by atoms with van der Waals surface area (Å²) in [5.41, 5.74) is 1.32. The zero-order chi connectivity index (χ0) is 18.8. The van der Waals surface area contributed by atoms with Crippen molar-refractivity contribution in [3.8, 4) is 0 Å². The standard InChI is InChI=1S/C20H25N3O3S/c24-10-12-4-8-14(9-5-12)21-17(25)3-1-2-15(13-6-7-13)19-18-16(11-27-19)22-20(26)23-18/h4-5,8-10,13,15-16,18-19H,1-3,6-7,11H2,(H,21,25)(H2,22,23,26)/t15?,16-,18-,19-/m0/s1. The molecule has 4 atom stereocenters. The van der Waals surface area contributed by atoms with E-state index in [1.165, 1.54) is 12.8 Å². The Bertz CT molecular complexity index is 720. The molecule has 2 saturated heterocycles. The van der Waals surface area contributed by atoms with Crippen molar-refractivity contribution in [2.75, 3.05) is 11.1 Å². The summed E-state index contributed by atoms with van der Waals surface area (Å²) in [7, 11) is 0. The smallest absolute Gasteiger partial charge is 0.315 e. The monoisotopic (exact) mass is 387 g/mol. The molecule has 1 aromatic rings. The molecule has 0 radical (unpaired) electrons. The molecule has 1 aromatic carbocycles. The molecule has 3 N–H and O–H groups in total. The first kappa shape index (κ1) is 18.3. The van der Waals surface area contributed by atoms with Crippen molar-refractivity contribution in [2.45, 2.75) is 49.4 Å². The van der Waals surface area contributed by atoms with E-state index in [4.69, 9.17) is 0 Å². The van der Waals surface area contributed by atoms with Crippen molar-refractivity contribution in [1.29, 1.82) is 0 Å². The summed E-state index contributed by atoms with van der Waals surface area (Å²) in [5, 5.41) is 9.46. The summed E-state index contributed by atoms with van der Waals surface area (Å²) in [6, 6.07) is 7.35. The molecule has 3 amide bonds. The number of fused-ring (bicyclic) bond motifs is 1. The van der Waals surface area contributed by atoms with Gasteiger partial charge >= 0.3 is 6.03 Å². The predicted octanol–water partition coefficient (Wildman–Crippen LogP) is 2.80. The highest BCUT2D eigenvalue weighted by Crippen LogP contribution is 2.48. The molecule has 1 aliphatic carbocycles. The van der Waals surface area contributed by atoms with Crippen molar-refractivity contribution < 1.29 is 14.4 Å². The number of anilines is 1. The molecule has 2 aliphatic heterocycles. The van der Waals surface area contributed by atoms with Crippen LogP contribution in [0.3, 0.4) is 0 Å². The summed E-state index contributed by atoms with van der Waals surface area (Å²) in [4.78, 5) is 34.5. The van der Waals surface area contributed by atoms with Crippen LogP contribution in [0.25, 0.3) is 0 Å². The summed E-state index contributed by atoms with van der Waals surface area (Å²) in [6.45, 7) is 0. The fourth-order valence-corrected chi connectivity index (χ4v) is 6.07. The molecule has 1 unspecified atom stereocenters. The molecule has 144 valence electrons. The van der Waals surface area contributed by atoms with Crippen molar-refractivity contribution in [3.05, 3.63) is 29.8 Å². The van der Waals surface area contributed by atoms with Crippen LogP contribution >= 0.6 is 11.8 Å². The van der Waals surface area contributed by atoms with E-state index in [2.05, 4.69) is 16.0 Å². The Morgan fingerprint density at radius 2 is 2.04 bits per heavy atom. The molecule has 4 rings (SSSR count). The lowest BCUT2D eigenvalue weighted by Gasteiger charge is -2.27. The fraction of sp³-hybridized carbons (Fsp3) is 0.550. The lowest BCUT2D eigenvalue weighted by atomic mass is 9.88. The van der Waals surface area contributed by atoms with E-state index >= 15 is 0 Å². The minimum Gasteiger partial charge on any atom is -0.332 e. The van der Waals surface area contributed by atoms with Gasteiger partial charge in [-0.1, -0.05) is 0 Å². The van der Waals surface area contributed by atoms with E-state index in [9.17, 15) is 14.4 Å². The average molecular weight is 388 g/mol. The third-order valence-corrected chi connectivity index (χ3v) is 7.37. The van der Waals surface area contributed by atoms with Gasteiger partial charge in [0.2, 0.25) is 5.91 Å². The van der Waals surface area contributed by atoms with Gasteiger partial charge in [-0.15, -0.1) is 0 Å². The van der Waals surface area contributed by atoms with Crippen LogP contribution in [0.15, 0.2) is 24.3 Å². The number of nitrogens with one attached hydrogen (secondary N) is 3. The van der Waals surface area contributed by atoms with Gasteiger partial charge in [-0.05, 0) is 61.8 Å². The van der Waals surface area contributed by atoms with E-state index in [0.717, 1.165) is 36.5 Å². The predicted molar refractivity (Wildman–Crippen MR) is 106 cm³/mol. The molecular weight excluding hydrogens is 362 g/mol. The normalized spacial score (nSPS) is 27.4. The number of hydrogen-bond acceptors (Lipinski definition) is 4. The van der Waals surface area contributed by atoms with Crippen molar-refractivity contribution in [2.24, 2.45) is 11.8 Å². The summed E-state index contributed by atoms with van der Waals surface area (Å²) in [5.74, 6) is 2.31. The number of carbonyl (C=O) groups is 3. The van der Waals surface area contributed by atoms with Crippen LogP contribution in [-0.4, -0.2) is 41.3 Å². The molecule has 2 heterocycles. The molecule has 0 bridgehead atoms. The summed E-state index contributed by atoms with van der Waals surface area (Å²) >= 11 is 1.97. The minimum atomic E-state index is -0.0372. The number of urea groups is 1. The quantitative estimate of drug-likeness (QED) is 0.473. The van der Waals surface area contributed by atoms with E-state index in [1.807, 2.05) is 11.8 Å². The van der Waals surface area contributed by atoms with Crippen LogP contribution in [0.2, 0.25) is 0 Å². The van der Waals surface area contributed by atoms with E-state index in [0.29, 0.717) is 23.2 Å². The van der Waals surface area contributed by atoms with Crippen LogP contribution < -0.4 is 16.0 Å². The van der Waals surface area contributed by atoms with Gasteiger partial charge in [-0.3, -0.25) is 9.59 Å². The van der Waals surface area contributed by atoms with Gasteiger partial charge in [-0.2, -0.15) is 11.8 Å². The van der Waals surface area contributed by atoms with E-state index < -0.39 is 0 Å². The number of hydrogen-bond donors (Lipinski definition) is 3. The van der Waals surface area contributed by atoms with Crippen LogP contribution in [0, 0.1) is 11.8 Å². The maximum Gasteiger partial charge on any atom is 0.315 e. The molecule has 1 saturated carbocycles. The topological polar surface area (TPSA) is 87.3 Å². The van der Waals surface area contributed by atoms with Crippen molar-refractivity contribution >= 4 is 35.7 Å². The Morgan fingerprint density at radius 1 is 1.26 bits per heavy atom. The largest absolute Gasteiger partial charge is 0.332 e. The number of thioether (sulfide) groups is 1. The number of rotatable bonds is 8.